The van der Waals surface area contributed by atoms with Gasteiger partial charge in [-0.1, -0.05) is 0 Å². The molecule has 0 amide bonds. The SMILES string of the molecule is NNC1=C(NN)C2=NC1=NC1=NC(=NC3=NC(=NC4=NC(=N2)C(NN)=C4NN)C=C3)C=C1. The van der Waals surface area contributed by atoms with Gasteiger partial charge in [0.1, 0.15) is 22.8 Å². The summed E-state index contributed by atoms with van der Waals surface area (Å²) in [5.74, 6) is 24.9. The standard InChI is InChI=1S/C16H16N16/c17-29-9-11(31-19)15-26-13(9)24-7-3-1-5(22-7)21-6-2-4-8(23-6)25-14-10(30-18)12(32-20)16(27-14)28-15/h1-4,29-32H,17-20H2. The molecular formula is C16H16N16. The van der Waals surface area contributed by atoms with Gasteiger partial charge in [-0.25, -0.2) is 39.9 Å². The van der Waals surface area contributed by atoms with Gasteiger partial charge in [-0.2, -0.15) is 0 Å². The first-order valence-corrected chi connectivity index (χ1v) is 9.05. The molecule has 0 aliphatic carbocycles. The number of aliphatic imine (C=N–C) groups is 8. The van der Waals surface area contributed by atoms with Gasteiger partial charge in [0, 0.05) is 0 Å². The Morgan fingerprint density at radius 2 is 0.656 bits per heavy atom. The van der Waals surface area contributed by atoms with E-state index in [9.17, 15) is 0 Å². The summed E-state index contributed by atoms with van der Waals surface area (Å²) in [6.07, 6.45) is 6.72. The molecule has 0 aromatic heterocycles. The maximum atomic E-state index is 5.69. The van der Waals surface area contributed by atoms with Crippen LogP contribution in [0.15, 0.2) is 87.0 Å². The van der Waals surface area contributed by atoms with E-state index >= 15 is 0 Å². The third kappa shape index (κ3) is 3.13. The lowest BCUT2D eigenvalue weighted by Gasteiger charge is -2.07. The smallest absolute Gasteiger partial charge is 0.183 e. The maximum absolute atomic E-state index is 5.69. The Hall–Kier alpha value is -4.64. The van der Waals surface area contributed by atoms with Crippen LogP contribution < -0.4 is 45.1 Å². The lowest BCUT2D eigenvalue weighted by atomic mass is 10.3. The molecule has 0 radical (unpaired) electrons. The molecule has 8 bridgehead atoms. The highest BCUT2D eigenvalue weighted by atomic mass is 15.3. The Labute approximate surface area is 179 Å². The Kier molecular flexibility index (Phi) is 4.57. The Morgan fingerprint density at radius 1 is 0.375 bits per heavy atom. The molecule has 0 fully saturated rings. The molecule has 160 valence electrons. The highest BCUT2D eigenvalue weighted by Gasteiger charge is 2.30. The van der Waals surface area contributed by atoms with E-state index in [1.165, 1.54) is 0 Å². The van der Waals surface area contributed by atoms with Crippen molar-refractivity contribution in [2.75, 3.05) is 0 Å². The zero-order valence-corrected chi connectivity index (χ0v) is 16.2. The highest BCUT2D eigenvalue weighted by Crippen LogP contribution is 2.20. The minimum Gasteiger partial charge on any atom is -0.319 e. The average Bonchev–Trinajstić information content (AvgIpc) is 3.55. The van der Waals surface area contributed by atoms with E-state index in [0.717, 1.165) is 0 Å². The van der Waals surface area contributed by atoms with E-state index in [0.29, 0.717) is 34.7 Å². The topological polar surface area (TPSA) is 251 Å². The van der Waals surface area contributed by atoms with Gasteiger partial charge < -0.3 is 21.7 Å². The summed E-state index contributed by atoms with van der Waals surface area (Å²) < 4.78 is 0. The van der Waals surface area contributed by atoms with E-state index in [2.05, 4.69) is 61.6 Å². The van der Waals surface area contributed by atoms with Crippen LogP contribution in [-0.4, -0.2) is 46.7 Å². The largest absolute Gasteiger partial charge is 0.319 e. The van der Waals surface area contributed by atoms with Gasteiger partial charge in [0.2, 0.25) is 0 Å². The minimum absolute atomic E-state index is 0.139. The molecule has 16 heteroatoms. The van der Waals surface area contributed by atoms with Crippen LogP contribution in [0.3, 0.4) is 0 Å². The van der Waals surface area contributed by atoms with Crippen LogP contribution >= 0.6 is 0 Å². The van der Waals surface area contributed by atoms with Crippen molar-refractivity contribution in [1.82, 2.24) is 21.7 Å². The third-order valence-corrected chi connectivity index (χ3v) is 4.50. The lowest BCUT2D eigenvalue weighted by Crippen LogP contribution is -2.34. The summed E-state index contributed by atoms with van der Waals surface area (Å²) >= 11 is 0. The molecule has 0 spiro atoms. The maximum Gasteiger partial charge on any atom is 0.183 e. The van der Waals surface area contributed by atoms with Crippen LogP contribution in [0.4, 0.5) is 0 Å². The Balaban J connectivity index is 1.75. The number of fused-ring (bicyclic) bond motifs is 4. The number of nitrogens with two attached hydrogens (primary N) is 4. The quantitative estimate of drug-likeness (QED) is 0.164. The number of amidine groups is 8. The van der Waals surface area contributed by atoms with Crippen molar-refractivity contribution in [3.8, 4) is 0 Å². The van der Waals surface area contributed by atoms with Gasteiger partial charge in [-0.15, -0.1) is 0 Å². The van der Waals surface area contributed by atoms with Crippen molar-refractivity contribution in [1.29, 1.82) is 0 Å². The van der Waals surface area contributed by atoms with Crippen LogP contribution in [0.1, 0.15) is 0 Å². The number of rotatable bonds is 4. The lowest BCUT2D eigenvalue weighted by molar-refractivity contribution is 0.857. The van der Waals surface area contributed by atoms with E-state index in [4.69, 9.17) is 23.4 Å². The molecule has 32 heavy (non-hydrogen) atoms. The summed E-state index contributed by atoms with van der Waals surface area (Å²) in [4.78, 5) is 35.1. The summed E-state index contributed by atoms with van der Waals surface area (Å²) in [5, 5.41) is 0. The van der Waals surface area contributed by atoms with Crippen molar-refractivity contribution in [2.24, 2.45) is 63.3 Å². The molecule has 0 atom stereocenters. The minimum atomic E-state index is 0.139. The molecule has 0 saturated carbocycles. The zero-order chi connectivity index (χ0) is 22.2. The van der Waals surface area contributed by atoms with Gasteiger partial charge in [0.25, 0.3) is 0 Å². The molecule has 5 rings (SSSR count). The summed E-state index contributed by atoms with van der Waals surface area (Å²) in [7, 11) is 0. The Morgan fingerprint density at radius 3 is 1.03 bits per heavy atom. The molecule has 0 unspecified atom stereocenters. The van der Waals surface area contributed by atoms with Gasteiger partial charge in [-0.05, 0) is 24.3 Å². The van der Waals surface area contributed by atoms with Crippen LogP contribution in [0.5, 0.6) is 0 Å². The Bertz CT molecular complexity index is 1290. The molecule has 5 heterocycles. The molecule has 5 aliphatic heterocycles. The monoisotopic (exact) mass is 432 g/mol. The predicted octanol–water partition coefficient (Wildman–Crippen LogP) is -3.37. The molecule has 0 saturated heterocycles. The average molecular weight is 432 g/mol. The van der Waals surface area contributed by atoms with Gasteiger partial charge in [0.15, 0.2) is 46.7 Å². The van der Waals surface area contributed by atoms with Crippen LogP contribution in [-0.2, 0) is 0 Å². The van der Waals surface area contributed by atoms with Gasteiger partial charge in [0.05, 0.1) is 0 Å². The first-order valence-electron chi connectivity index (χ1n) is 9.05. The zero-order valence-electron chi connectivity index (χ0n) is 16.2. The van der Waals surface area contributed by atoms with Crippen molar-refractivity contribution in [2.45, 2.75) is 0 Å². The van der Waals surface area contributed by atoms with E-state index in [-0.39, 0.29) is 34.7 Å². The number of nitrogens with zero attached hydrogens (tertiary/aromatic N) is 8. The van der Waals surface area contributed by atoms with Gasteiger partial charge in [-0.3, -0.25) is 23.4 Å². The third-order valence-electron chi connectivity index (χ3n) is 4.50. The second-order valence-electron chi connectivity index (χ2n) is 6.37. The fourth-order valence-corrected chi connectivity index (χ4v) is 3.11. The summed E-state index contributed by atoms with van der Waals surface area (Å²) in [6, 6.07) is 0. The van der Waals surface area contributed by atoms with Crippen molar-refractivity contribution in [3.05, 3.63) is 47.1 Å². The van der Waals surface area contributed by atoms with Crippen LogP contribution in [0.2, 0.25) is 0 Å². The van der Waals surface area contributed by atoms with E-state index in [1.54, 1.807) is 24.3 Å². The van der Waals surface area contributed by atoms with Crippen LogP contribution in [0, 0.1) is 0 Å². The molecule has 12 N–H and O–H groups in total. The first kappa shape index (κ1) is 19.3. The van der Waals surface area contributed by atoms with Crippen molar-refractivity contribution in [3.63, 3.8) is 0 Å². The summed E-state index contributed by atoms with van der Waals surface area (Å²) in [6.45, 7) is 0. The summed E-state index contributed by atoms with van der Waals surface area (Å²) in [5.41, 5.74) is 11.2. The number of hydrazine groups is 4. The number of hydrogen-bond acceptors (Lipinski definition) is 16. The molecule has 16 nitrogen and oxygen atoms in total. The van der Waals surface area contributed by atoms with E-state index in [1.807, 2.05) is 0 Å². The molecule has 0 aromatic carbocycles. The van der Waals surface area contributed by atoms with Crippen molar-refractivity contribution < 1.29 is 0 Å². The van der Waals surface area contributed by atoms with E-state index < -0.39 is 0 Å². The normalized spacial score (nSPS) is 20.9. The fourth-order valence-electron chi connectivity index (χ4n) is 3.11. The van der Waals surface area contributed by atoms with Crippen molar-refractivity contribution >= 4 is 46.7 Å². The molecule has 0 aromatic rings. The second kappa shape index (κ2) is 7.56. The highest BCUT2D eigenvalue weighted by molar-refractivity contribution is 6.31. The first-order chi connectivity index (χ1) is 15.6. The molecule has 5 aliphatic rings. The van der Waals surface area contributed by atoms with Gasteiger partial charge >= 0.3 is 0 Å². The molecular weight excluding hydrogens is 416 g/mol. The van der Waals surface area contributed by atoms with Crippen LogP contribution in [0.25, 0.3) is 0 Å². The fraction of sp³-hybridized carbons (Fsp3) is 0. The number of nitrogens with one attached hydrogen (secondary N) is 4. The second-order valence-corrected chi connectivity index (χ2v) is 6.37. The number of hydrogen-bond donors (Lipinski definition) is 8. The predicted molar refractivity (Wildman–Crippen MR) is 121 cm³/mol.